The van der Waals surface area contributed by atoms with Gasteiger partial charge in [0.2, 0.25) is 0 Å². The van der Waals surface area contributed by atoms with E-state index in [0.717, 1.165) is 27.3 Å². The third-order valence-electron chi connectivity index (χ3n) is 3.31. The highest BCUT2D eigenvalue weighted by atomic mass is 16.5. The fourth-order valence-corrected chi connectivity index (χ4v) is 2.39. The van der Waals surface area contributed by atoms with Gasteiger partial charge in [0.15, 0.2) is 5.78 Å². The number of carbonyl (C=O) groups is 2. The highest BCUT2D eigenvalue weighted by Crippen LogP contribution is 2.30. The maximum Gasteiger partial charge on any atom is 0.310 e. The summed E-state index contributed by atoms with van der Waals surface area (Å²) in [6, 6.07) is 11.8. The number of ketones is 1. The number of ether oxygens (including phenoxy) is 1. The average molecular weight is 282 g/mol. The number of rotatable bonds is 4. The standard InChI is InChI=1S/C17H14O4/c1-11(18)9-21-16(19)8-13-10-20-15-7-6-12-4-2-3-5-14(12)17(13)15/h2-7,10H,8-9H2,1H3. The first-order valence-corrected chi connectivity index (χ1v) is 6.68. The maximum absolute atomic E-state index is 11.8. The minimum atomic E-state index is -0.430. The molecule has 4 nitrogen and oxygen atoms in total. The largest absolute Gasteiger partial charge is 0.464 e. The average Bonchev–Trinajstić information content (AvgIpc) is 2.88. The highest BCUT2D eigenvalue weighted by molar-refractivity contribution is 6.08. The van der Waals surface area contributed by atoms with Crippen molar-refractivity contribution in [1.82, 2.24) is 0 Å². The van der Waals surface area contributed by atoms with Crippen LogP contribution in [0.15, 0.2) is 47.1 Å². The molecule has 0 N–H and O–H groups in total. The normalized spacial score (nSPS) is 10.9. The molecule has 0 atom stereocenters. The number of benzene rings is 2. The lowest BCUT2D eigenvalue weighted by molar-refractivity contribution is -0.146. The number of carbonyl (C=O) groups excluding carboxylic acids is 2. The van der Waals surface area contributed by atoms with Gasteiger partial charge in [-0.25, -0.2) is 0 Å². The molecule has 0 radical (unpaired) electrons. The lowest BCUT2D eigenvalue weighted by Gasteiger charge is -2.03. The van der Waals surface area contributed by atoms with Gasteiger partial charge in [-0.3, -0.25) is 9.59 Å². The molecule has 0 aliphatic carbocycles. The van der Waals surface area contributed by atoms with Crippen molar-refractivity contribution in [2.24, 2.45) is 0 Å². The van der Waals surface area contributed by atoms with Crippen molar-refractivity contribution < 1.29 is 18.7 Å². The number of fused-ring (bicyclic) bond motifs is 3. The third-order valence-corrected chi connectivity index (χ3v) is 3.31. The summed E-state index contributed by atoms with van der Waals surface area (Å²) in [5, 5.41) is 3.05. The molecule has 1 heterocycles. The van der Waals surface area contributed by atoms with Gasteiger partial charge < -0.3 is 9.15 Å². The topological polar surface area (TPSA) is 56.5 Å². The van der Waals surface area contributed by atoms with Gasteiger partial charge in [-0.1, -0.05) is 30.3 Å². The first kappa shape index (κ1) is 13.4. The summed E-state index contributed by atoms with van der Waals surface area (Å²) in [6.07, 6.45) is 1.67. The number of furan rings is 1. The van der Waals surface area contributed by atoms with Crippen LogP contribution in [0.3, 0.4) is 0 Å². The molecule has 0 aliphatic heterocycles. The molecule has 106 valence electrons. The van der Waals surface area contributed by atoms with Crippen LogP contribution in [0, 0.1) is 0 Å². The predicted octanol–water partition coefficient (Wildman–Crippen LogP) is 3.26. The van der Waals surface area contributed by atoms with E-state index >= 15 is 0 Å². The molecule has 0 saturated carbocycles. The smallest absolute Gasteiger partial charge is 0.310 e. The Hall–Kier alpha value is -2.62. The molecule has 3 aromatic rings. The van der Waals surface area contributed by atoms with E-state index < -0.39 is 5.97 Å². The zero-order chi connectivity index (χ0) is 14.8. The van der Waals surface area contributed by atoms with Gasteiger partial charge in [0.25, 0.3) is 0 Å². The van der Waals surface area contributed by atoms with Crippen LogP contribution in [0.2, 0.25) is 0 Å². The van der Waals surface area contributed by atoms with Crippen molar-refractivity contribution in [3.05, 3.63) is 48.2 Å². The molecule has 0 fully saturated rings. The van der Waals surface area contributed by atoms with Gasteiger partial charge in [0, 0.05) is 10.9 Å². The highest BCUT2D eigenvalue weighted by Gasteiger charge is 2.14. The molecular weight excluding hydrogens is 268 g/mol. The second-order valence-corrected chi connectivity index (χ2v) is 4.96. The van der Waals surface area contributed by atoms with E-state index in [0.29, 0.717) is 0 Å². The Morgan fingerprint density at radius 3 is 2.76 bits per heavy atom. The van der Waals surface area contributed by atoms with E-state index in [1.165, 1.54) is 6.92 Å². The Balaban J connectivity index is 1.97. The first-order valence-electron chi connectivity index (χ1n) is 6.68. The molecule has 2 aromatic carbocycles. The molecule has 21 heavy (non-hydrogen) atoms. The second-order valence-electron chi connectivity index (χ2n) is 4.96. The molecule has 1 aromatic heterocycles. The Labute approximate surface area is 121 Å². The van der Waals surface area contributed by atoms with Gasteiger partial charge in [0.1, 0.15) is 12.2 Å². The Morgan fingerprint density at radius 2 is 1.95 bits per heavy atom. The summed E-state index contributed by atoms with van der Waals surface area (Å²) in [5.74, 6) is -0.605. The van der Waals surface area contributed by atoms with Gasteiger partial charge in [0.05, 0.1) is 12.7 Å². The minimum absolute atomic E-state index is 0.0916. The van der Waals surface area contributed by atoms with Crippen molar-refractivity contribution in [1.29, 1.82) is 0 Å². The lowest BCUT2D eigenvalue weighted by Crippen LogP contribution is -2.13. The quantitative estimate of drug-likeness (QED) is 0.689. The summed E-state index contributed by atoms with van der Waals surface area (Å²) in [6.45, 7) is 1.20. The van der Waals surface area contributed by atoms with Crippen LogP contribution in [0.4, 0.5) is 0 Å². The first-order chi connectivity index (χ1) is 10.1. The summed E-state index contributed by atoms with van der Waals surface area (Å²) in [5.41, 5.74) is 1.51. The minimum Gasteiger partial charge on any atom is -0.464 e. The van der Waals surface area contributed by atoms with Crippen LogP contribution in [0.25, 0.3) is 21.7 Å². The van der Waals surface area contributed by atoms with Crippen molar-refractivity contribution in [3.63, 3.8) is 0 Å². The van der Waals surface area contributed by atoms with Crippen molar-refractivity contribution in [2.45, 2.75) is 13.3 Å². The zero-order valence-corrected chi connectivity index (χ0v) is 11.6. The number of esters is 1. The molecule has 4 heteroatoms. The lowest BCUT2D eigenvalue weighted by atomic mass is 10.0. The van der Waals surface area contributed by atoms with Gasteiger partial charge >= 0.3 is 5.97 Å². The van der Waals surface area contributed by atoms with E-state index in [2.05, 4.69) is 0 Å². The monoisotopic (exact) mass is 282 g/mol. The summed E-state index contributed by atoms with van der Waals surface area (Å²) in [7, 11) is 0. The van der Waals surface area contributed by atoms with Crippen LogP contribution >= 0.6 is 0 Å². The van der Waals surface area contributed by atoms with Crippen LogP contribution in [-0.2, 0) is 20.7 Å². The van der Waals surface area contributed by atoms with Gasteiger partial charge in [-0.05, 0) is 23.8 Å². The summed E-state index contributed by atoms with van der Waals surface area (Å²) >= 11 is 0. The SMILES string of the molecule is CC(=O)COC(=O)Cc1coc2ccc3ccccc3c12. The summed E-state index contributed by atoms with van der Waals surface area (Å²) < 4.78 is 10.4. The summed E-state index contributed by atoms with van der Waals surface area (Å²) in [4.78, 5) is 22.6. The Kier molecular flexibility index (Phi) is 3.44. The number of hydrogen-bond donors (Lipinski definition) is 0. The Morgan fingerprint density at radius 1 is 1.14 bits per heavy atom. The van der Waals surface area contributed by atoms with Crippen LogP contribution in [0.1, 0.15) is 12.5 Å². The molecule has 0 unspecified atom stereocenters. The molecule has 0 bridgehead atoms. The molecule has 0 spiro atoms. The molecule has 0 aliphatic rings. The maximum atomic E-state index is 11.8. The van der Waals surface area contributed by atoms with Crippen molar-refractivity contribution in [2.75, 3.05) is 6.61 Å². The number of hydrogen-bond acceptors (Lipinski definition) is 4. The molecule has 0 saturated heterocycles. The molecule has 3 rings (SSSR count). The van der Waals surface area contributed by atoms with E-state index in [4.69, 9.17) is 9.15 Å². The molecule has 0 amide bonds. The Bertz CT molecular complexity index is 829. The van der Waals surface area contributed by atoms with Crippen LogP contribution in [0.5, 0.6) is 0 Å². The number of Topliss-reactive ketones (excluding diaryl/α,β-unsaturated/α-hetero) is 1. The van der Waals surface area contributed by atoms with E-state index in [1.807, 2.05) is 36.4 Å². The second kappa shape index (κ2) is 5.40. The zero-order valence-electron chi connectivity index (χ0n) is 11.6. The van der Waals surface area contributed by atoms with Crippen molar-refractivity contribution >= 4 is 33.5 Å². The van der Waals surface area contributed by atoms with E-state index in [1.54, 1.807) is 6.26 Å². The van der Waals surface area contributed by atoms with Gasteiger partial charge in [-0.2, -0.15) is 0 Å². The van der Waals surface area contributed by atoms with Crippen LogP contribution in [-0.4, -0.2) is 18.4 Å². The molecular formula is C17H14O4. The fraction of sp³-hybridized carbons (Fsp3) is 0.176. The predicted molar refractivity (Wildman–Crippen MR) is 79.1 cm³/mol. The van der Waals surface area contributed by atoms with E-state index in [9.17, 15) is 9.59 Å². The van der Waals surface area contributed by atoms with Gasteiger partial charge in [-0.15, -0.1) is 0 Å². The van der Waals surface area contributed by atoms with Crippen LogP contribution < -0.4 is 0 Å². The fourth-order valence-electron chi connectivity index (χ4n) is 2.39. The third kappa shape index (κ3) is 2.65. The van der Waals surface area contributed by atoms with Crippen molar-refractivity contribution in [3.8, 4) is 0 Å². The van der Waals surface area contributed by atoms with E-state index in [-0.39, 0.29) is 18.8 Å².